The van der Waals surface area contributed by atoms with E-state index in [1.807, 2.05) is 18.2 Å². The standard InChI is InChI=1S/C19H22F3N5/c1-23-18(25-13-17-24-9-12-27(17)14-19(20,21)22)26-10-7-16(8-11-26)15-5-3-2-4-6-15/h2-7,9,12H,8,10-11,13-14H2,1H3,(H,23,25). The van der Waals surface area contributed by atoms with E-state index < -0.39 is 12.7 Å². The first-order valence-electron chi connectivity index (χ1n) is 8.73. The highest BCUT2D eigenvalue weighted by Crippen LogP contribution is 2.22. The van der Waals surface area contributed by atoms with Gasteiger partial charge in [-0.2, -0.15) is 13.2 Å². The first kappa shape index (κ1) is 19.0. The van der Waals surface area contributed by atoms with Crippen LogP contribution in [0.3, 0.4) is 0 Å². The number of benzene rings is 1. The Kier molecular flexibility index (Phi) is 5.83. The van der Waals surface area contributed by atoms with E-state index in [1.165, 1.54) is 23.5 Å². The van der Waals surface area contributed by atoms with Crippen LogP contribution in [-0.2, 0) is 13.1 Å². The molecule has 1 aromatic carbocycles. The lowest BCUT2D eigenvalue weighted by Crippen LogP contribution is -2.43. The quantitative estimate of drug-likeness (QED) is 0.657. The fourth-order valence-corrected chi connectivity index (χ4v) is 3.11. The highest BCUT2D eigenvalue weighted by Gasteiger charge is 2.28. The van der Waals surface area contributed by atoms with Crippen molar-refractivity contribution < 1.29 is 13.2 Å². The van der Waals surface area contributed by atoms with Gasteiger partial charge in [0.2, 0.25) is 0 Å². The topological polar surface area (TPSA) is 45.5 Å². The molecule has 1 aromatic heterocycles. The van der Waals surface area contributed by atoms with Crippen molar-refractivity contribution in [1.82, 2.24) is 19.8 Å². The Balaban J connectivity index is 1.60. The Hall–Kier alpha value is -2.77. The second-order valence-electron chi connectivity index (χ2n) is 6.28. The number of halogens is 3. The summed E-state index contributed by atoms with van der Waals surface area (Å²) in [7, 11) is 1.67. The number of aromatic nitrogens is 2. The molecule has 1 aliphatic heterocycles. The van der Waals surface area contributed by atoms with Crippen LogP contribution in [0.2, 0.25) is 0 Å². The Morgan fingerprint density at radius 3 is 2.67 bits per heavy atom. The molecule has 0 amide bonds. The van der Waals surface area contributed by atoms with Gasteiger partial charge in [-0.15, -0.1) is 0 Å². The van der Waals surface area contributed by atoms with Gasteiger partial charge in [-0.3, -0.25) is 4.99 Å². The summed E-state index contributed by atoms with van der Waals surface area (Å²) in [5, 5.41) is 3.12. The van der Waals surface area contributed by atoms with Gasteiger partial charge in [-0.05, 0) is 17.6 Å². The molecule has 8 heteroatoms. The second kappa shape index (κ2) is 8.28. The van der Waals surface area contributed by atoms with Gasteiger partial charge in [0, 0.05) is 32.5 Å². The Morgan fingerprint density at radius 2 is 2.04 bits per heavy atom. The van der Waals surface area contributed by atoms with Crippen LogP contribution < -0.4 is 5.32 Å². The monoisotopic (exact) mass is 377 g/mol. The molecule has 2 heterocycles. The van der Waals surface area contributed by atoms with E-state index in [0.29, 0.717) is 18.3 Å². The summed E-state index contributed by atoms with van der Waals surface area (Å²) in [4.78, 5) is 10.3. The van der Waals surface area contributed by atoms with E-state index in [2.05, 4.69) is 38.4 Å². The van der Waals surface area contributed by atoms with E-state index in [4.69, 9.17) is 0 Å². The highest BCUT2D eigenvalue weighted by atomic mass is 19.4. The lowest BCUT2D eigenvalue weighted by atomic mass is 10.00. The lowest BCUT2D eigenvalue weighted by Gasteiger charge is -2.29. The van der Waals surface area contributed by atoms with Gasteiger partial charge in [0.05, 0.1) is 6.54 Å². The van der Waals surface area contributed by atoms with Gasteiger partial charge in [-0.25, -0.2) is 4.98 Å². The molecular formula is C19H22F3N5. The fourth-order valence-electron chi connectivity index (χ4n) is 3.11. The molecular weight excluding hydrogens is 355 g/mol. The van der Waals surface area contributed by atoms with Crippen LogP contribution in [-0.4, -0.2) is 46.7 Å². The first-order chi connectivity index (χ1) is 13.0. The van der Waals surface area contributed by atoms with Crippen LogP contribution in [0.1, 0.15) is 17.8 Å². The molecule has 1 N–H and O–H groups in total. The van der Waals surface area contributed by atoms with Gasteiger partial charge in [-0.1, -0.05) is 36.4 Å². The zero-order chi connectivity index (χ0) is 19.3. The van der Waals surface area contributed by atoms with Crippen LogP contribution in [0, 0.1) is 0 Å². The van der Waals surface area contributed by atoms with Crippen LogP contribution in [0.25, 0.3) is 5.57 Å². The van der Waals surface area contributed by atoms with E-state index >= 15 is 0 Å². The summed E-state index contributed by atoms with van der Waals surface area (Å²) >= 11 is 0. The van der Waals surface area contributed by atoms with Crippen molar-refractivity contribution >= 4 is 11.5 Å². The molecule has 0 unspecified atom stereocenters. The van der Waals surface area contributed by atoms with Crippen molar-refractivity contribution in [1.29, 1.82) is 0 Å². The number of guanidine groups is 1. The number of aliphatic imine (C=N–C) groups is 1. The number of nitrogens with zero attached hydrogens (tertiary/aromatic N) is 4. The number of alkyl halides is 3. The van der Waals surface area contributed by atoms with Crippen molar-refractivity contribution in [2.45, 2.75) is 25.7 Å². The number of imidazole rings is 1. The summed E-state index contributed by atoms with van der Waals surface area (Å²) in [6.07, 6.45) is 1.48. The van der Waals surface area contributed by atoms with Crippen LogP contribution in [0.4, 0.5) is 13.2 Å². The summed E-state index contributed by atoms with van der Waals surface area (Å²) in [5.74, 6) is 0.978. The molecule has 2 aromatic rings. The zero-order valence-corrected chi connectivity index (χ0v) is 15.1. The van der Waals surface area contributed by atoms with Crippen molar-refractivity contribution in [2.24, 2.45) is 4.99 Å². The Bertz CT molecular complexity index is 808. The van der Waals surface area contributed by atoms with Crippen LogP contribution >= 0.6 is 0 Å². The number of hydrogen-bond donors (Lipinski definition) is 1. The third kappa shape index (κ3) is 5.12. The smallest absolute Gasteiger partial charge is 0.349 e. The number of nitrogens with one attached hydrogen (secondary N) is 1. The van der Waals surface area contributed by atoms with Gasteiger partial charge >= 0.3 is 6.18 Å². The fraction of sp³-hybridized carbons (Fsp3) is 0.368. The van der Waals surface area contributed by atoms with Crippen molar-refractivity contribution in [3.63, 3.8) is 0 Å². The van der Waals surface area contributed by atoms with Crippen LogP contribution in [0.15, 0.2) is 53.8 Å². The molecule has 0 spiro atoms. The normalized spacial score (nSPS) is 15.6. The highest BCUT2D eigenvalue weighted by molar-refractivity contribution is 5.81. The van der Waals surface area contributed by atoms with Gasteiger partial charge in [0.15, 0.2) is 5.96 Å². The van der Waals surface area contributed by atoms with Crippen molar-refractivity contribution in [2.75, 3.05) is 20.1 Å². The lowest BCUT2D eigenvalue weighted by molar-refractivity contribution is -0.141. The Labute approximate surface area is 156 Å². The molecule has 0 fully saturated rings. The molecule has 0 bridgehead atoms. The zero-order valence-electron chi connectivity index (χ0n) is 15.1. The van der Waals surface area contributed by atoms with E-state index in [-0.39, 0.29) is 6.54 Å². The third-order valence-corrected chi connectivity index (χ3v) is 4.42. The van der Waals surface area contributed by atoms with E-state index in [0.717, 1.165) is 17.5 Å². The minimum Gasteiger partial charge on any atom is -0.349 e. The predicted octanol–water partition coefficient (Wildman–Crippen LogP) is 3.31. The Morgan fingerprint density at radius 1 is 1.26 bits per heavy atom. The summed E-state index contributed by atoms with van der Waals surface area (Å²) in [6.45, 7) is 0.620. The minimum absolute atomic E-state index is 0.182. The van der Waals surface area contributed by atoms with Gasteiger partial charge in [0.25, 0.3) is 0 Å². The maximum absolute atomic E-state index is 12.6. The molecule has 3 rings (SSSR count). The SMILES string of the molecule is CN=C(NCc1nccn1CC(F)(F)F)N1CC=C(c2ccccc2)CC1. The maximum atomic E-state index is 12.6. The van der Waals surface area contributed by atoms with Gasteiger partial charge in [0.1, 0.15) is 12.4 Å². The second-order valence-corrected chi connectivity index (χ2v) is 6.28. The average Bonchev–Trinajstić information content (AvgIpc) is 3.09. The third-order valence-electron chi connectivity index (χ3n) is 4.42. The number of hydrogen-bond acceptors (Lipinski definition) is 2. The molecule has 0 radical (unpaired) electrons. The maximum Gasteiger partial charge on any atom is 0.406 e. The van der Waals surface area contributed by atoms with Crippen LogP contribution in [0.5, 0.6) is 0 Å². The molecule has 0 saturated heterocycles. The molecule has 144 valence electrons. The molecule has 0 saturated carbocycles. The number of rotatable bonds is 4. The molecule has 0 aliphatic carbocycles. The molecule has 1 aliphatic rings. The van der Waals surface area contributed by atoms with E-state index in [9.17, 15) is 13.2 Å². The predicted molar refractivity (Wildman–Crippen MR) is 99.1 cm³/mol. The largest absolute Gasteiger partial charge is 0.406 e. The van der Waals surface area contributed by atoms with Crippen molar-refractivity contribution in [3.8, 4) is 0 Å². The van der Waals surface area contributed by atoms with E-state index in [1.54, 1.807) is 7.05 Å². The average molecular weight is 377 g/mol. The molecule has 0 atom stereocenters. The summed E-state index contributed by atoms with van der Waals surface area (Å²) in [6, 6.07) is 10.2. The first-order valence-corrected chi connectivity index (χ1v) is 8.73. The van der Waals surface area contributed by atoms with Crippen molar-refractivity contribution in [3.05, 3.63) is 60.2 Å². The molecule has 5 nitrogen and oxygen atoms in total. The molecule has 27 heavy (non-hydrogen) atoms. The summed E-state index contributed by atoms with van der Waals surface area (Å²) in [5.41, 5.74) is 2.51. The summed E-state index contributed by atoms with van der Waals surface area (Å²) < 4.78 is 39.0. The minimum atomic E-state index is -4.28. The van der Waals surface area contributed by atoms with Gasteiger partial charge < -0.3 is 14.8 Å².